The second kappa shape index (κ2) is 5.93. The lowest BCUT2D eigenvalue weighted by molar-refractivity contribution is 0.0759. The first kappa shape index (κ1) is 15.0. The average Bonchev–Trinajstić information content (AvgIpc) is 2.76. The molecule has 0 aliphatic heterocycles. The number of carbonyl (C=O) groups is 1. The van der Waals surface area contributed by atoms with Crippen molar-refractivity contribution in [3.05, 3.63) is 33.7 Å². The molecule has 0 fully saturated rings. The summed E-state index contributed by atoms with van der Waals surface area (Å²) in [6.45, 7) is 4.21. The van der Waals surface area contributed by atoms with Crippen molar-refractivity contribution in [1.29, 1.82) is 0 Å². The first-order valence-electron chi connectivity index (χ1n) is 6.53. The second-order valence-corrected chi connectivity index (χ2v) is 5.62. The molecule has 2 aromatic rings. The summed E-state index contributed by atoms with van der Waals surface area (Å²) in [7, 11) is 1.68. The fourth-order valence-electron chi connectivity index (χ4n) is 2.18. The molecule has 0 saturated carbocycles. The molecular formula is C14H18BrN3O2. The van der Waals surface area contributed by atoms with Gasteiger partial charge < -0.3 is 10.0 Å². The van der Waals surface area contributed by atoms with Crippen LogP contribution in [0.15, 0.2) is 16.7 Å². The topological polar surface area (TPSA) is 57.8 Å². The van der Waals surface area contributed by atoms with Gasteiger partial charge >= 0.3 is 0 Å². The standard InChI is InChI=1S/C14H18BrN3O2/c1-4-11-12(14(20)17(3)5-6-19)18-8-9(2)7-10(15)13(18)16-11/h7-8,19H,4-6H2,1-3H3. The van der Waals surface area contributed by atoms with Gasteiger partial charge in [-0.3, -0.25) is 9.20 Å². The van der Waals surface area contributed by atoms with Crippen LogP contribution < -0.4 is 0 Å². The Morgan fingerprint density at radius 1 is 1.55 bits per heavy atom. The normalized spacial score (nSPS) is 11.1. The highest BCUT2D eigenvalue weighted by atomic mass is 79.9. The molecule has 108 valence electrons. The Morgan fingerprint density at radius 2 is 2.25 bits per heavy atom. The Bertz CT molecular complexity index is 651. The number of imidazole rings is 1. The van der Waals surface area contributed by atoms with Gasteiger partial charge in [-0.05, 0) is 40.9 Å². The van der Waals surface area contributed by atoms with Crippen LogP contribution in [0.1, 0.15) is 28.7 Å². The Labute approximate surface area is 126 Å². The van der Waals surface area contributed by atoms with E-state index in [9.17, 15) is 4.79 Å². The summed E-state index contributed by atoms with van der Waals surface area (Å²) in [6.07, 6.45) is 2.59. The fourth-order valence-corrected chi connectivity index (χ4v) is 2.83. The van der Waals surface area contributed by atoms with E-state index in [4.69, 9.17) is 5.11 Å². The van der Waals surface area contributed by atoms with E-state index in [2.05, 4.69) is 20.9 Å². The molecular weight excluding hydrogens is 322 g/mol. The minimum atomic E-state index is -0.124. The van der Waals surface area contributed by atoms with Gasteiger partial charge in [0.25, 0.3) is 5.91 Å². The fraction of sp³-hybridized carbons (Fsp3) is 0.429. The summed E-state index contributed by atoms with van der Waals surface area (Å²) in [5.74, 6) is -0.124. The van der Waals surface area contributed by atoms with Gasteiger partial charge in [-0.25, -0.2) is 4.98 Å². The minimum absolute atomic E-state index is 0.0524. The van der Waals surface area contributed by atoms with Gasteiger partial charge in [0.1, 0.15) is 5.69 Å². The number of amides is 1. The quantitative estimate of drug-likeness (QED) is 0.927. The summed E-state index contributed by atoms with van der Waals surface area (Å²) in [4.78, 5) is 18.6. The van der Waals surface area contributed by atoms with Crippen molar-refractivity contribution in [2.45, 2.75) is 20.3 Å². The molecule has 0 atom stereocenters. The van der Waals surface area contributed by atoms with E-state index in [0.717, 1.165) is 21.4 Å². The van der Waals surface area contributed by atoms with Crippen LogP contribution >= 0.6 is 15.9 Å². The summed E-state index contributed by atoms with van der Waals surface area (Å²) >= 11 is 3.49. The number of likely N-dealkylation sites (N-methyl/N-ethyl adjacent to an activating group) is 1. The molecule has 1 amide bonds. The maximum Gasteiger partial charge on any atom is 0.272 e. The molecule has 2 heterocycles. The molecule has 0 spiro atoms. The highest BCUT2D eigenvalue weighted by Gasteiger charge is 2.22. The molecule has 0 radical (unpaired) electrons. The van der Waals surface area contributed by atoms with Gasteiger partial charge in [0.15, 0.2) is 5.65 Å². The number of nitrogens with zero attached hydrogens (tertiary/aromatic N) is 3. The zero-order valence-corrected chi connectivity index (χ0v) is 13.4. The van der Waals surface area contributed by atoms with E-state index in [1.54, 1.807) is 7.05 Å². The number of aliphatic hydroxyl groups excluding tert-OH is 1. The van der Waals surface area contributed by atoms with E-state index in [-0.39, 0.29) is 12.5 Å². The summed E-state index contributed by atoms with van der Waals surface area (Å²) in [5.41, 5.74) is 3.13. The Balaban J connectivity index is 2.64. The van der Waals surface area contributed by atoms with Crippen molar-refractivity contribution in [1.82, 2.24) is 14.3 Å². The molecule has 2 aromatic heterocycles. The van der Waals surface area contributed by atoms with E-state index in [1.807, 2.05) is 30.5 Å². The summed E-state index contributed by atoms with van der Waals surface area (Å²) in [5, 5.41) is 8.99. The molecule has 0 aromatic carbocycles. The van der Waals surface area contributed by atoms with E-state index in [0.29, 0.717) is 18.7 Å². The third-order valence-electron chi connectivity index (χ3n) is 3.20. The minimum Gasteiger partial charge on any atom is -0.395 e. The third-order valence-corrected chi connectivity index (χ3v) is 3.79. The number of aryl methyl sites for hydroxylation is 2. The predicted molar refractivity (Wildman–Crippen MR) is 81.1 cm³/mol. The summed E-state index contributed by atoms with van der Waals surface area (Å²) < 4.78 is 2.70. The number of carbonyl (C=O) groups excluding carboxylic acids is 1. The highest BCUT2D eigenvalue weighted by Crippen LogP contribution is 2.23. The maximum atomic E-state index is 12.6. The van der Waals surface area contributed by atoms with Crippen molar-refractivity contribution < 1.29 is 9.90 Å². The van der Waals surface area contributed by atoms with Crippen LogP contribution in [-0.2, 0) is 6.42 Å². The van der Waals surface area contributed by atoms with Crippen LogP contribution in [0.2, 0.25) is 0 Å². The lowest BCUT2D eigenvalue weighted by Crippen LogP contribution is -2.31. The molecule has 6 heteroatoms. The maximum absolute atomic E-state index is 12.6. The Morgan fingerprint density at radius 3 is 2.85 bits per heavy atom. The van der Waals surface area contributed by atoms with E-state index >= 15 is 0 Å². The van der Waals surface area contributed by atoms with Crippen molar-refractivity contribution in [2.75, 3.05) is 20.2 Å². The monoisotopic (exact) mass is 339 g/mol. The molecule has 0 aliphatic carbocycles. The number of aromatic nitrogens is 2. The van der Waals surface area contributed by atoms with Crippen molar-refractivity contribution in [3.63, 3.8) is 0 Å². The lowest BCUT2D eigenvalue weighted by atomic mass is 10.2. The van der Waals surface area contributed by atoms with Gasteiger partial charge in [-0.15, -0.1) is 0 Å². The lowest BCUT2D eigenvalue weighted by Gasteiger charge is -2.16. The molecule has 20 heavy (non-hydrogen) atoms. The molecule has 0 aliphatic rings. The van der Waals surface area contributed by atoms with Crippen LogP contribution in [0.3, 0.4) is 0 Å². The van der Waals surface area contributed by atoms with Gasteiger partial charge in [0.05, 0.1) is 16.8 Å². The van der Waals surface area contributed by atoms with Crippen LogP contribution in [-0.4, -0.2) is 45.5 Å². The van der Waals surface area contributed by atoms with E-state index < -0.39 is 0 Å². The number of rotatable bonds is 4. The van der Waals surface area contributed by atoms with Gasteiger partial charge in [0, 0.05) is 19.8 Å². The first-order chi connectivity index (χ1) is 9.49. The number of hydrogen-bond acceptors (Lipinski definition) is 3. The molecule has 1 N–H and O–H groups in total. The average molecular weight is 340 g/mol. The predicted octanol–water partition coefficient (Wildman–Crippen LogP) is 2.03. The molecule has 0 saturated heterocycles. The molecule has 0 bridgehead atoms. The zero-order valence-electron chi connectivity index (χ0n) is 11.9. The third kappa shape index (κ3) is 2.58. The van der Waals surface area contributed by atoms with Gasteiger partial charge in [-0.2, -0.15) is 0 Å². The Hall–Kier alpha value is -1.40. The molecule has 0 unspecified atom stereocenters. The van der Waals surface area contributed by atoms with Gasteiger partial charge in [0.2, 0.25) is 0 Å². The molecule has 2 rings (SSSR count). The number of fused-ring (bicyclic) bond motifs is 1. The number of aliphatic hydroxyl groups is 1. The molecule has 5 nitrogen and oxygen atoms in total. The smallest absolute Gasteiger partial charge is 0.272 e. The zero-order chi connectivity index (χ0) is 14.9. The van der Waals surface area contributed by atoms with Crippen molar-refractivity contribution in [3.8, 4) is 0 Å². The number of hydrogen-bond donors (Lipinski definition) is 1. The highest BCUT2D eigenvalue weighted by molar-refractivity contribution is 9.10. The number of pyridine rings is 1. The van der Waals surface area contributed by atoms with Crippen molar-refractivity contribution in [2.24, 2.45) is 0 Å². The second-order valence-electron chi connectivity index (χ2n) is 4.77. The summed E-state index contributed by atoms with van der Waals surface area (Å²) in [6, 6.07) is 1.98. The van der Waals surface area contributed by atoms with Crippen LogP contribution in [0.4, 0.5) is 0 Å². The first-order valence-corrected chi connectivity index (χ1v) is 7.32. The SMILES string of the molecule is CCc1nc2c(Br)cc(C)cn2c1C(=O)N(C)CCO. The van der Waals surface area contributed by atoms with Gasteiger partial charge in [-0.1, -0.05) is 6.92 Å². The van der Waals surface area contributed by atoms with Crippen LogP contribution in [0, 0.1) is 6.92 Å². The largest absolute Gasteiger partial charge is 0.395 e. The van der Waals surface area contributed by atoms with Crippen LogP contribution in [0.5, 0.6) is 0 Å². The van der Waals surface area contributed by atoms with Crippen LogP contribution in [0.25, 0.3) is 5.65 Å². The van der Waals surface area contributed by atoms with Crippen molar-refractivity contribution >= 4 is 27.5 Å². The van der Waals surface area contributed by atoms with E-state index in [1.165, 1.54) is 4.90 Å². The number of halogens is 1. The Kier molecular flexibility index (Phi) is 4.45.